The van der Waals surface area contributed by atoms with Gasteiger partial charge in [-0.3, -0.25) is 4.79 Å². The van der Waals surface area contributed by atoms with E-state index >= 15 is 0 Å². The molecule has 0 atom stereocenters. The molecule has 6 heteroatoms. The van der Waals surface area contributed by atoms with E-state index in [0.717, 1.165) is 22.4 Å². The summed E-state index contributed by atoms with van der Waals surface area (Å²) in [6.07, 6.45) is 3.53. The first kappa shape index (κ1) is 23.2. The molecule has 0 aliphatic heterocycles. The van der Waals surface area contributed by atoms with E-state index in [1.165, 1.54) is 0 Å². The standard InChI is InChI=1S/C26H23N2O3.BrH/c1-30-25-13-12-22(16-26(25)31-2)23-14-15-28(18-27-23)17-24(29)21-10-8-20(9-11-21)19-6-4-3-5-7-19;/h3-16,18H,17H2,1-2H3;1H/q+1;. The Morgan fingerprint density at radius 1 is 0.812 bits per heavy atom. The van der Waals surface area contributed by atoms with Crippen molar-refractivity contribution in [3.63, 3.8) is 0 Å². The SMILES string of the molecule is Br.COc1ccc(-c2cc[n+](CC(=O)c3ccc(-c4ccccc4)cc3)cn2)cc1OC. The number of hydrogen-bond donors (Lipinski definition) is 0. The second kappa shape index (κ2) is 10.7. The Hall–Kier alpha value is -3.51. The largest absolute Gasteiger partial charge is 0.493 e. The predicted octanol–water partition coefficient (Wildman–Crippen LogP) is 5.18. The van der Waals surface area contributed by atoms with Crippen molar-refractivity contribution in [1.82, 2.24) is 4.98 Å². The number of hydrogen-bond acceptors (Lipinski definition) is 4. The van der Waals surface area contributed by atoms with Crippen LogP contribution in [0.3, 0.4) is 0 Å². The molecule has 162 valence electrons. The molecule has 0 spiro atoms. The van der Waals surface area contributed by atoms with Crippen LogP contribution in [-0.2, 0) is 6.54 Å². The number of ether oxygens (including phenoxy) is 2. The lowest BCUT2D eigenvalue weighted by atomic mass is 10.0. The van der Waals surface area contributed by atoms with Crippen LogP contribution in [0.2, 0.25) is 0 Å². The molecule has 0 radical (unpaired) electrons. The molecular weight excluding hydrogens is 468 g/mol. The van der Waals surface area contributed by atoms with Gasteiger partial charge < -0.3 is 9.47 Å². The Kier molecular flexibility index (Phi) is 7.73. The van der Waals surface area contributed by atoms with Crippen LogP contribution in [0.4, 0.5) is 0 Å². The van der Waals surface area contributed by atoms with Crippen molar-refractivity contribution >= 4 is 22.8 Å². The molecule has 0 saturated carbocycles. The number of nitrogens with zero attached hydrogens (tertiary/aromatic N) is 2. The first-order chi connectivity index (χ1) is 15.2. The molecule has 0 unspecified atom stereocenters. The molecule has 3 aromatic carbocycles. The Bertz CT molecular complexity index is 1180. The molecule has 4 aromatic rings. The van der Waals surface area contributed by atoms with E-state index < -0.39 is 0 Å². The van der Waals surface area contributed by atoms with Crippen molar-refractivity contribution in [1.29, 1.82) is 0 Å². The van der Waals surface area contributed by atoms with Crippen molar-refractivity contribution in [2.75, 3.05) is 14.2 Å². The van der Waals surface area contributed by atoms with Crippen LogP contribution in [0, 0.1) is 0 Å². The first-order valence-electron chi connectivity index (χ1n) is 9.94. The third-order valence-electron chi connectivity index (χ3n) is 5.09. The smallest absolute Gasteiger partial charge is 0.287 e. The highest BCUT2D eigenvalue weighted by molar-refractivity contribution is 8.93. The van der Waals surface area contributed by atoms with E-state index in [1.54, 1.807) is 25.1 Å². The molecule has 0 bridgehead atoms. The highest BCUT2D eigenvalue weighted by Crippen LogP contribution is 2.31. The third-order valence-corrected chi connectivity index (χ3v) is 5.09. The summed E-state index contributed by atoms with van der Waals surface area (Å²) in [5.74, 6) is 1.35. The van der Waals surface area contributed by atoms with Crippen LogP contribution in [0.5, 0.6) is 11.5 Å². The van der Waals surface area contributed by atoms with Gasteiger partial charge in [-0.05, 0) is 34.3 Å². The fourth-order valence-electron chi connectivity index (χ4n) is 3.38. The zero-order valence-electron chi connectivity index (χ0n) is 17.9. The van der Waals surface area contributed by atoms with Gasteiger partial charge in [0.1, 0.15) is 0 Å². The van der Waals surface area contributed by atoms with Crippen molar-refractivity contribution in [2.45, 2.75) is 6.54 Å². The van der Waals surface area contributed by atoms with E-state index in [1.807, 2.05) is 72.9 Å². The minimum Gasteiger partial charge on any atom is -0.493 e. The molecule has 4 rings (SSSR count). The highest BCUT2D eigenvalue weighted by Gasteiger charge is 2.14. The third kappa shape index (κ3) is 5.21. The number of benzene rings is 3. The normalized spacial score (nSPS) is 10.2. The quantitative estimate of drug-likeness (QED) is 0.264. The Balaban J connectivity index is 0.00000289. The molecule has 0 aliphatic carbocycles. The number of carbonyl (C=O) groups is 1. The summed E-state index contributed by atoms with van der Waals surface area (Å²) in [4.78, 5) is 17.2. The number of ketones is 1. The monoisotopic (exact) mass is 491 g/mol. The molecule has 0 aliphatic rings. The van der Waals surface area contributed by atoms with Gasteiger partial charge in [-0.2, -0.15) is 0 Å². The molecule has 1 aromatic heterocycles. The van der Waals surface area contributed by atoms with Crippen molar-refractivity contribution in [3.05, 3.63) is 97.0 Å². The van der Waals surface area contributed by atoms with E-state index in [0.29, 0.717) is 17.1 Å². The van der Waals surface area contributed by atoms with Crippen molar-refractivity contribution < 1.29 is 18.8 Å². The van der Waals surface area contributed by atoms with Gasteiger partial charge in [-0.1, -0.05) is 54.6 Å². The van der Waals surface area contributed by atoms with Gasteiger partial charge in [0, 0.05) is 17.2 Å². The summed E-state index contributed by atoms with van der Waals surface area (Å²) in [5.41, 5.74) is 4.59. The van der Waals surface area contributed by atoms with E-state index in [4.69, 9.17) is 9.47 Å². The first-order valence-corrected chi connectivity index (χ1v) is 9.94. The molecule has 0 amide bonds. The zero-order valence-corrected chi connectivity index (χ0v) is 19.6. The minimum atomic E-state index is 0. The summed E-state index contributed by atoms with van der Waals surface area (Å²) in [7, 11) is 3.21. The highest BCUT2D eigenvalue weighted by atomic mass is 79.9. The number of halogens is 1. The summed E-state index contributed by atoms with van der Waals surface area (Å²) in [6, 6.07) is 25.3. The maximum atomic E-state index is 12.7. The molecule has 5 nitrogen and oxygen atoms in total. The van der Waals surface area contributed by atoms with Gasteiger partial charge in [-0.25, -0.2) is 4.57 Å². The summed E-state index contributed by atoms with van der Waals surface area (Å²) >= 11 is 0. The minimum absolute atomic E-state index is 0. The van der Waals surface area contributed by atoms with Crippen molar-refractivity contribution in [2.24, 2.45) is 0 Å². The lowest BCUT2D eigenvalue weighted by Gasteiger charge is -2.08. The number of rotatable bonds is 7. The summed E-state index contributed by atoms with van der Waals surface area (Å²) in [6.45, 7) is 0.226. The predicted molar refractivity (Wildman–Crippen MR) is 130 cm³/mol. The molecule has 0 fully saturated rings. The number of methoxy groups -OCH3 is 2. The molecule has 1 heterocycles. The topological polar surface area (TPSA) is 52.3 Å². The van der Waals surface area contributed by atoms with Gasteiger partial charge in [0.15, 0.2) is 23.7 Å². The van der Waals surface area contributed by atoms with Crippen molar-refractivity contribution in [3.8, 4) is 33.9 Å². The fourth-order valence-corrected chi connectivity index (χ4v) is 3.38. The van der Waals surface area contributed by atoms with E-state index in [-0.39, 0.29) is 29.3 Å². The summed E-state index contributed by atoms with van der Waals surface area (Å²) in [5, 5.41) is 0. The molecule has 0 N–H and O–H groups in total. The number of aromatic nitrogens is 2. The van der Waals surface area contributed by atoms with Crippen LogP contribution in [0.15, 0.2) is 91.4 Å². The molecule has 32 heavy (non-hydrogen) atoms. The Labute approximate surface area is 198 Å². The van der Waals surface area contributed by atoms with Crippen LogP contribution in [0.1, 0.15) is 10.4 Å². The average Bonchev–Trinajstić information content (AvgIpc) is 2.84. The number of Topliss-reactive ketones (excluding diaryl/α,β-unsaturated/α-hetero) is 1. The average molecular weight is 492 g/mol. The number of carbonyl (C=O) groups excluding carboxylic acids is 1. The molecule has 0 saturated heterocycles. The Morgan fingerprint density at radius 2 is 1.47 bits per heavy atom. The van der Waals surface area contributed by atoms with E-state index in [2.05, 4.69) is 17.1 Å². The lowest BCUT2D eigenvalue weighted by Crippen LogP contribution is -2.37. The fraction of sp³-hybridized carbons (Fsp3) is 0.115. The maximum Gasteiger partial charge on any atom is 0.287 e. The van der Waals surface area contributed by atoms with Crippen LogP contribution in [-0.4, -0.2) is 25.0 Å². The van der Waals surface area contributed by atoms with Gasteiger partial charge in [-0.15, -0.1) is 17.0 Å². The second-order valence-electron chi connectivity index (χ2n) is 7.05. The zero-order chi connectivity index (χ0) is 21.6. The molecular formula is C26H24BrN2O3+. The summed E-state index contributed by atoms with van der Waals surface area (Å²) < 4.78 is 12.4. The van der Waals surface area contributed by atoms with Gasteiger partial charge in [0.25, 0.3) is 6.33 Å². The lowest BCUT2D eigenvalue weighted by molar-refractivity contribution is -0.686. The second-order valence-corrected chi connectivity index (χ2v) is 7.05. The van der Waals surface area contributed by atoms with Crippen LogP contribution in [0.25, 0.3) is 22.4 Å². The van der Waals surface area contributed by atoms with Gasteiger partial charge >= 0.3 is 0 Å². The maximum absolute atomic E-state index is 12.7. The Morgan fingerprint density at radius 3 is 2.09 bits per heavy atom. The van der Waals surface area contributed by atoms with Crippen LogP contribution < -0.4 is 14.0 Å². The van der Waals surface area contributed by atoms with Gasteiger partial charge in [0.2, 0.25) is 5.78 Å². The van der Waals surface area contributed by atoms with Gasteiger partial charge in [0.05, 0.1) is 20.4 Å². The van der Waals surface area contributed by atoms with E-state index in [9.17, 15) is 4.79 Å². The van der Waals surface area contributed by atoms with Crippen LogP contribution >= 0.6 is 17.0 Å².